The number of rotatable bonds is 3. The number of urea groups is 1. The van der Waals surface area contributed by atoms with E-state index in [0.29, 0.717) is 34.8 Å². The van der Waals surface area contributed by atoms with E-state index in [2.05, 4.69) is 0 Å². The molecule has 2 aromatic carbocycles. The number of carbonyl (C=O) groups is 3. The number of ether oxygens (including phenoxy) is 1. The van der Waals surface area contributed by atoms with Crippen LogP contribution in [-0.2, 0) is 16.1 Å². The van der Waals surface area contributed by atoms with Crippen molar-refractivity contribution in [2.75, 3.05) is 11.4 Å². The number of anilines is 1. The summed E-state index contributed by atoms with van der Waals surface area (Å²) in [5, 5.41) is 9.89. The molecule has 0 aliphatic carbocycles. The standard InChI is InChI=1S/C23H18Cl2N4O4/c1-12-17(7-6-13(9-26)19(12)25)29-21(30)20-18-8-15(28(20)22(29)31)10-27(18)23(32)33-11-14-4-2-3-5-16(14)24/h2-7,15,18,20H,8,10-11H2,1H3/t15-,18?,20-/m1/s1. The third-order valence-electron chi connectivity index (χ3n) is 6.53. The zero-order valence-electron chi connectivity index (χ0n) is 17.5. The van der Waals surface area contributed by atoms with Crippen LogP contribution in [0.3, 0.4) is 0 Å². The maximum absolute atomic E-state index is 13.4. The van der Waals surface area contributed by atoms with Crippen molar-refractivity contribution >= 4 is 46.9 Å². The number of carbonyl (C=O) groups excluding carboxylic acids is 3. The first-order valence-corrected chi connectivity index (χ1v) is 11.1. The van der Waals surface area contributed by atoms with E-state index < -0.39 is 30.1 Å². The summed E-state index contributed by atoms with van der Waals surface area (Å²) in [7, 11) is 0. The molecule has 4 amide bonds. The molecular formula is C23H18Cl2N4O4. The summed E-state index contributed by atoms with van der Waals surface area (Å²) in [5.41, 5.74) is 1.77. The number of piperazine rings is 1. The molecule has 0 saturated carbocycles. The van der Waals surface area contributed by atoms with E-state index in [1.165, 1.54) is 11.0 Å². The average Bonchev–Trinajstić information content (AvgIpc) is 3.47. The lowest BCUT2D eigenvalue weighted by atomic mass is 10.1. The highest BCUT2D eigenvalue weighted by molar-refractivity contribution is 6.33. The first-order valence-electron chi connectivity index (χ1n) is 10.4. The van der Waals surface area contributed by atoms with Crippen LogP contribution in [0.2, 0.25) is 10.0 Å². The lowest BCUT2D eigenvalue weighted by molar-refractivity contribution is -0.121. The number of likely N-dealkylation sites (tertiary alicyclic amines) is 1. The smallest absolute Gasteiger partial charge is 0.410 e. The number of nitriles is 1. The second kappa shape index (κ2) is 7.94. The van der Waals surface area contributed by atoms with E-state index in [1.807, 2.05) is 6.07 Å². The van der Waals surface area contributed by atoms with Gasteiger partial charge in [0.15, 0.2) is 0 Å². The quantitative estimate of drug-likeness (QED) is 0.611. The number of amides is 4. The number of hydrogen-bond donors (Lipinski definition) is 0. The van der Waals surface area contributed by atoms with Gasteiger partial charge in [-0.2, -0.15) is 5.26 Å². The predicted octanol–water partition coefficient (Wildman–Crippen LogP) is 4.10. The molecule has 1 unspecified atom stereocenters. The number of hydrogen-bond acceptors (Lipinski definition) is 5. The molecule has 0 spiro atoms. The monoisotopic (exact) mass is 484 g/mol. The molecule has 3 atom stereocenters. The van der Waals surface area contributed by atoms with Crippen molar-refractivity contribution in [3.05, 3.63) is 63.1 Å². The molecule has 33 heavy (non-hydrogen) atoms. The Morgan fingerprint density at radius 3 is 2.70 bits per heavy atom. The van der Waals surface area contributed by atoms with Gasteiger partial charge in [-0.1, -0.05) is 41.4 Å². The van der Waals surface area contributed by atoms with Gasteiger partial charge < -0.3 is 14.5 Å². The Hall–Kier alpha value is -3.28. The van der Waals surface area contributed by atoms with Crippen molar-refractivity contribution in [3.63, 3.8) is 0 Å². The summed E-state index contributed by atoms with van der Waals surface area (Å²) >= 11 is 12.4. The Morgan fingerprint density at radius 1 is 1.21 bits per heavy atom. The minimum absolute atomic E-state index is 0.0166. The topological polar surface area (TPSA) is 94.0 Å². The zero-order valence-corrected chi connectivity index (χ0v) is 19.0. The lowest BCUT2D eigenvalue weighted by Gasteiger charge is -2.34. The summed E-state index contributed by atoms with van der Waals surface area (Å²) in [4.78, 5) is 43.5. The fraction of sp³-hybridized carbons (Fsp3) is 0.304. The van der Waals surface area contributed by atoms with Gasteiger partial charge in [-0.3, -0.25) is 4.79 Å². The molecule has 0 N–H and O–H groups in total. The summed E-state index contributed by atoms with van der Waals surface area (Å²) in [6.07, 6.45) is -0.0250. The normalized spacial score (nSPS) is 23.2. The van der Waals surface area contributed by atoms with Crippen molar-refractivity contribution in [3.8, 4) is 6.07 Å². The van der Waals surface area contributed by atoms with Crippen LogP contribution in [0.5, 0.6) is 0 Å². The van der Waals surface area contributed by atoms with E-state index in [0.717, 1.165) is 4.90 Å². The van der Waals surface area contributed by atoms with E-state index in [1.54, 1.807) is 42.2 Å². The van der Waals surface area contributed by atoms with E-state index in [9.17, 15) is 19.6 Å². The van der Waals surface area contributed by atoms with Gasteiger partial charge in [-0.15, -0.1) is 0 Å². The molecule has 5 rings (SSSR count). The highest BCUT2D eigenvalue weighted by Crippen LogP contribution is 2.43. The average molecular weight is 485 g/mol. The van der Waals surface area contributed by atoms with Gasteiger partial charge in [0.25, 0.3) is 5.91 Å². The van der Waals surface area contributed by atoms with Gasteiger partial charge in [-0.05, 0) is 37.1 Å². The Kier molecular flexibility index (Phi) is 5.19. The maximum Gasteiger partial charge on any atom is 0.410 e. The molecule has 8 nitrogen and oxygen atoms in total. The first kappa shape index (κ1) is 21.6. The van der Waals surface area contributed by atoms with Gasteiger partial charge in [0.1, 0.15) is 18.7 Å². The number of fused-ring (bicyclic) bond motifs is 5. The number of imide groups is 1. The number of benzene rings is 2. The van der Waals surface area contributed by atoms with Crippen LogP contribution in [-0.4, -0.2) is 52.5 Å². The van der Waals surface area contributed by atoms with E-state index >= 15 is 0 Å². The molecule has 10 heteroatoms. The predicted molar refractivity (Wildman–Crippen MR) is 120 cm³/mol. The molecule has 3 saturated heterocycles. The first-order chi connectivity index (χ1) is 15.8. The minimum Gasteiger partial charge on any atom is -0.444 e. The van der Waals surface area contributed by atoms with Crippen LogP contribution in [0.25, 0.3) is 0 Å². The number of halogens is 2. The van der Waals surface area contributed by atoms with Crippen molar-refractivity contribution in [1.82, 2.24) is 9.80 Å². The highest BCUT2D eigenvalue weighted by atomic mass is 35.5. The molecule has 3 aliphatic heterocycles. The summed E-state index contributed by atoms with van der Waals surface area (Å²) in [5.74, 6) is -0.417. The Morgan fingerprint density at radius 2 is 1.97 bits per heavy atom. The van der Waals surface area contributed by atoms with Crippen molar-refractivity contribution in [1.29, 1.82) is 5.26 Å². The van der Waals surface area contributed by atoms with Crippen LogP contribution in [0.1, 0.15) is 23.1 Å². The molecule has 2 bridgehead atoms. The van der Waals surface area contributed by atoms with Gasteiger partial charge >= 0.3 is 12.1 Å². The fourth-order valence-corrected chi connectivity index (χ4v) is 5.32. The third-order valence-corrected chi connectivity index (χ3v) is 7.38. The molecular weight excluding hydrogens is 467 g/mol. The third kappa shape index (κ3) is 3.23. The van der Waals surface area contributed by atoms with Crippen molar-refractivity contribution in [2.45, 2.75) is 38.1 Å². The largest absolute Gasteiger partial charge is 0.444 e. The van der Waals surface area contributed by atoms with Gasteiger partial charge in [0.05, 0.1) is 28.4 Å². The molecule has 0 radical (unpaired) electrons. The molecule has 3 fully saturated rings. The Bertz CT molecular complexity index is 1240. The second-order valence-electron chi connectivity index (χ2n) is 8.25. The van der Waals surface area contributed by atoms with Crippen LogP contribution in [0.15, 0.2) is 36.4 Å². The highest BCUT2D eigenvalue weighted by Gasteiger charge is 2.63. The summed E-state index contributed by atoms with van der Waals surface area (Å²) in [6.45, 7) is 1.97. The van der Waals surface area contributed by atoms with Gasteiger partial charge in [-0.25, -0.2) is 14.5 Å². The SMILES string of the molecule is Cc1c(N2C(=O)[C@H]3C4C[C@H](CN4C(=O)OCc4ccccc4Cl)N3C2=O)ccc(C#N)c1Cl. The Labute approximate surface area is 199 Å². The van der Waals surface area contributed by atoms with Crippen molar-refractivity contribution in [2.24, 2.45) is 0 Å². The van der Waals surface area contributed by atoms with Crippen LogP contribution < -0.4 is 4.90 Å². The number of nitrogens with zero attached hydrogens (tertiary/aromatic N) is 4. The van der Waals surface area contributed by atoms with Crippen LogP contribution in [0, 0.1) is 18.3 Å². The van der Waals surface area contributed by atoms with Crippen LogP contribution in [0.4, 0.5) is 15.3 Å². The molecule has 3 heterocycles. The molecule has 0 aromatic heterocycles. The zero-order chi connectivity index (χ0) is 23.4. The Balaban J connectivity index is 1.36. The summed E-state index contributed by atoms with van der Waals surface area (Å²) in [6, 6.07) is 10.2. The second-order valence-corrected chi connectivity index (χ2v) is 9.03. The van der Waals surface area contributed by atoms with Gasteiger partial charge in [0, 0.05) is 17.1 Å². The maximum atomic E-state index is 13.4. The summed E-state index contributed by atoms with van der Waals surface area (Å²) < 4.78 is 5.45. The molecule has 2 aromatic rings. The minimum atomic E-state index is -0.780. The van der Waals surface area contributed by atoms with Crippen molar-refractivity contribution < 1.29 is 19.1 Å². The molecule has 3 aliphatic rings. The van der Waals surface area contributed by atoms with E-state index in [4.69, 9.17) is 27.9 Å². The van der Waals surface area contributed by atoms with E-state index in [-0.39, 0.29) is 23.2 Å². The molecule has 168 valence electrons. The van der Waals surface area contributed by atoms with Gasteiger partial charge in [0.2, 0.25) is 0 Å². The van der Waals surface area contributed by atoms with Crippen LogP contribution >= 0.6 is 23.2 Å². The fourth-order valence-electron chi connectivity index (χ4n) is 4.93. The lowest BCUT2D eigenvalue weighted by Crippen LogP contribution is -2.54.